The van der Waals surface area contributed by atoms with Crippen molar-refractivity contribution in [1.82, 2.24) is 5.01 Å². The third kappa shape index (κ3) is 3.08. The summed E-state index contributed by atoms with van der Waals surface area (Å²) in [4.78, 5) is 12.0. The Labute approximate surface area is 145 Å². The van der Waals surface area contributed by atoms with Gasteiger partial charge in [-0.25, -0.2) is 5.01 Å². The third-order valence-corrected chi connectivity index (χ3v) is 4.32. The zero-order chi connectivity index (χ0) is 17.3. The molecule has 0 aliphatic carbocycles. The zero-order valence-electron chi connectivity index (χ0n) is 13.4. The minimum absolute atomic E-state index is 0.0224. The molecule has 1 atom stereocenters. The predicted molar refractivity (Wildman–Crippen MR) is 92.5 cm³/mol. The summed E-state index contributed by atoms with van der Waals surface area (Å²) in [6.45, 7) is 1.49. The van der Waals surface area contributed by atoms with E-state index in [0.717, 1.165) is 22.6 Å². The van der Waals surface area contributed by atoms with Gasteiger partial charge >= 0.3 is 0 Å². The Balaban J connectivity index is 1.92. The molecule has 1 aliphatic heterocycles. The number of carbonyl (C=O) groups excluding carboxylic acids is 1. The van der Waals surface area contributed by atoms with Gasteiger partial charge in [-0.3, -0.25) is 4.79 Å². The number of nitrogens with zero attached hydrogens (tertiary/aromatic N) is 2. The topological polar surface area (TPSA) is 62.1 Å². The number of hydrazone groups is 1. The lowest BCUT2D eigenvalue weighted by atomic mass is 9.98. The molecule has 0 radical (unpaired) electrons. The number of aromatic hydroxyl groups is 1. The Morgan fingerprint density at radius 1 is 1.29 bits per heavy atom. The second kappa shape index (κ2) is 6.53. The van der Waals surface area contributed by atoms with Crippen LogP contribution in [0, 0.1) is 0 Å². The molecular weight excluding hydrogens is 328 g/mol. The number of benzene rings is 2. The highest BCUT2D eigenvalue weighted by molar-refractivity contribution is 6.32. The molecule has 0 fully saturated rings. The highest BCUT2D eigenvalue weighted by atomic mass is 35.5. The summed E-state index contributed by atoms with van der Waals surface area (Å²) >= 11 is 5.98. The molecule has 1 amide bonds. The normalized spacial score (nSPS) is 16.9. The van der Waals surface area contributed by atoms with Gasteiger partial charge in [0.05, 0.1) is 23.9 Å². The molecule has 0 aromatic heterocycles. The highest BCUT2D eigenvalue weighted by Gasteiger charge is 2.31. The lowest BCUT2D eigenvalue weighted by Crippen LogP contribution is -2.24. The van der Waals surface area contributed by atoms with Gasteiger partial charge in [0.25, 0.3) is 0 Å². The molecule has 1 unspecified atom stereocenters. The molecule has 124 valence electrons. The summed E-state index contributed by atoms with van der Waals surface area (Å²) < 4.78 is 5.17. The van der Waals surface area contributed by atoms with Crippen LogP contribution in [0.25, 0.3) is 0 Å². The van der Waals surface area contributed by atoms with E-state index in [-0.39, 0.29) is 22.7 Å². The van der Waals surface area contributed by atoms with E-state index in [1.165, 1.54) is 18.0 Å². The van der Waals surface area contributed by atoms with Crippen molar-refractivity contribution in [3.05, 3.63) is 58.6 Å². The van der Waals surface area contributed by atoms with E-state index in [0.29, 0.717) is 6.42 Å². The number of hydrogen-bond acceptors (Lipinski definition) is 4. The number of phenols is 1. The van der Waals surface area contributed by atoms with Gasteiger partial charge in [0.1, 0.15) is 11.5 Å². The van der Waals surface area contributed by atoms with Crippen LogP contribution in [0.5, 0.6) is 11.5 Å². The summed E-state index contributed by atoms with van der Waals surface area (Å²) in [7, 11) is 1.61. The van der Waals surface area contributed by atoms with E-state index < -0.39 is 0 Å². The maximum Gasteiger partial charge on any atom is 0.240 e. The smallest absolute Gasteiger partial charge is 0.240 e. The van der Waals surface area contributed by atoms with Gasteiger partial charge in [0.2, 0.25) is 5.91 Å². The Morgan fingerprint density at radius 2 is 2.00 bits per heavy atom. The van der Waals surface area contributed by atoms with Crippen LogP contribution in [0.15, 0.2) is 47.6 Å². The van der Waals surface area contributed by atoms with Crippen LogP contribution in [0.3, 0.4) is 0 Å². The van der Waals surface area contributed by atoms with Gasteiger partial charge in [-0.2, -0.15) is 5.10 Å². The highest BCUT2D eigenvalue weighted by Crippen LogP contribution is 2.34. The molecule has 0 bridgehead atoms. The van der Waals surface area contributed by atoms with Gasteiger partial charge in [0, 0.05) is 13.3 Å². The number of methoxy groups -OCH3 is 1. The summed E-state index contributed by atoms with van der Waals surface area (Å²) in [5, 5.41) is 15.8. The monoisotopic (exact) mass is 344 g/mol. The summed E-state index contributed by atoms with van der Waals surface area (Å²) in [5.41, 5.74) is 2.53. The van der Waals surface area contributed by atoms with Crippen LogP contribution in [-0.2, 0) is 4.79 Å². The van der Waals surface area contributed by atoms with Gasteiger partial charge in [-0.1, -0.05) is 23.7 Å². The maximum absolute atomic E-state index is 12.0. The second-order valence-corrected chi connectivity index (χ2v) is 5.98. The van der Waals surface area contributed by atoms with Gasteiger partial charge < -0.3 is 9.84 Å². The molecule has 0 spiro atoms. The standard InChI is InChI=1S/C18H17ClN2O3/c1-11(22)21-17(12-3-6-14(24-2)7-4-12)10-16(20-21)13-5-8-18(23)15(19)9-13/h3-9,17,23H,10H2,1-2H3. The number of phenolic OH excluding ortho intramolecular Hbond substituents is 1. The van der Waals surface area contributed by atoms with Crippen LogP contribution >= 0.6 is 11.6 Å². The fraction of sp³-hybridized carbons (Fsp3) is 0.222. The number of carbonyl (C=O) groups is 1. The molecule has 24 heavy (non-hydrogen) atoms. The van der Waals surface area contributed by atoms with E-state index in [2.05, 4.69) is 5.10 Å². The quantitative estimate of drug-likeness (QED) is 0.922. The molecule has 3 rings (SSSR count). The minimum atomic E-state index is -0.170. The first-order chi connectivity index (χ1) is 11.5. The lowest BCUT2D eigenvalue weighted by Gasteiger charge is -2.20. The average Bonchev–Trinajstić information content (AvgIpc) is 3.03. The molecule has 1 N–H and O–H groups in total. The van der Waals surface area contributed by atoms with E-state index >= 15 is 0 Å². The number of ether oxygens (including phenoxy) is 1. The van der Waals surface area contributed by atoms with Crippen molar-refractivity contribution in [3.8, 4) is 11.5 Å². The molecule has 1 aliphatic rings. The van der Waals surface area contributed by atoms with Crippen molar-refractivity contribution in [1.29, 1.82) is 0 Å². The Kier molecular flexibility index (Phi) is 4.44. The van der Waals surface area contributed by atoms with Gasteiger partial charge in [0.15, 0.2) is 0 Å². The summed E-state index contributed by atoms with van der Waals surface area (Å²) in [6, 6.07) is 12.4. The number of rotatable bonds is 3. The van der Waals surface area contributed by atoms with E-state index in [9.17, 15) is 9.90 Å². The van der Waals surface area contributed by atoms with Crippen LogP contribution < -0.4 is 4.74 Å². The Bertz CT molecular complexity index is 802. The fourth-order valence-electron chi connectivity index (χ4n) is 2.75. The van der Waals surface area contributed by atoms with Crippen molar-refractivity contribution in [3.63, 3.8) is 0 Å². The average molecular weight is 345 g/mol. The van der Waals surface area contributed by atoms with Gasteiger partial charge in [-0.05, 0) is 41.5 Å². The first-order valence-electron chi connectivity index (χ1n) is 7.49. The minimum Gasteiger partial charge on any atom is -0.506 e. The molecule has 2 aromatic rings. The van der Waals surface area contributed by atoms with Gasteiger partial charge in [-0.15, -0.1) is 0 Å². The molecule has 2 aromatic carbocycles. The van der Waals surface area contributed by atoms with E-state index in [1.807, 2.05) is 24.3 Å². The van der Waals surface area contributed by atoms with Crippen molar-refractivity contribution in [2.24, 2.45) is 5.10 Å². The van der Waals surface area contributed by atoms with Crippen molar-refractivity contribution < 1.29 is 14.6 Å². The molecular formula is C18H17ClN2O3. The molecule has 0 saturated heterocycles. The van der Waals surface area contributed by atoms with Crippen LogP contribution in [0.2, 0.25) is 5.02 Å². The molecule has 1 heterocycles. The summed E-state index contributed by atoms with van der Waals surface area (Å²) in [5.74, 6) is 0.655. The zero-order valence-corrected chi connectivity index (χ0v) is 14.1. The largest absolute Gasteiger partial charge is 0.506 e. The van der Waals surface area contributed by atoms with E-state index in [4.69, 9.17) is 16.3 Å². The second-order valence-electron chi connectivity index (χ2n) is 5.57. The summed E-state index contributed by atoms with van der Waals surface area (Å²) in [6.07, 6.45) is 0.576. The maximum atomic E-state index is 12.0. The van der Waals surface area contributed by atoms with Crippen molar-refractivity contribution >= 4 is 23.2 Å². The first kappa shape index (κ1) is 16.3. The predicted octanol–water partition coefficient (Wildman–Crippen LogP) is 3.75. The Morgan fingerprint density at radius 3 is 2.58 bits per heavy atom. The molecule has 5 nitrogen and oxygen atoms in total. The van der Waals surface area contributed by atoms with Crippen LogP contribution in [0.4, 0.5) is 0 Å². The Hall–Kier alpha value is -2.53. The first-order valence-corrected chi connectivity index (χ1v) is 7.87. The fourth-order valence-corrected chi connectivity index (χ4v) is 2.93. The van der Waals surface area contributed by atoms with Crippen LogP contribution in [0.1, 0.15) is 30.5 Å². The van der Waals surface area contributed by atoms with Crippen molar-refractivity contribution in [2.45, 2.75) is 19.4 Å². The number of halogens is 1. The molecule has 6 heteroatoms. The van der Waals surface area contributed by atoms with Crippen LogP contribution in [-0.4, -0.2) is 28.8 Å². The SMILES string of the molecule is COc1ccc(C2CC(c3ccc(O)c(Cl)c3)=NN2C(C)=O)cc1. The third-order valence-electron chi connectivity index (χ3n) is 4.01. The van der Waals surface area contributed by atoms with Crippen molar-refractivity contribution in [2.75, 3.05) is 7.11 Å². The lowest BCUT2D eigenvalue weighted by molar-refractivity contribution is -0.130. The number of hydrogen-bond donors (Lipinski definition) is 1. The molecule has 0 saturated carbocycles. The number of amides is 1. The van der Waals surface area contributed by atoms with E-state index in [1.54, 1.807) is 19.2 Å².